The maximum atomic E-state index is 2.25. The van der Waals surface area contributed by atoms with E-state index in [1.807, 2.05) is 36.4 Å². The fourth-order valence-corrected chi connectivity index (χ4v) is 7.82. The van der Waals surface area contributed by atoms with E-state index in [0.717, 1.165) is 6.42 Å². The van der Waals surface area contributed by atoms with Gasteiger partial charge in [-0.3, -0.25) is 0 Å². The maximum absolute atomic E-state index is 2.25. The van der Waals surface area contributed by atoms with E-state index >= 15 is 0 Å². The number of benzene rings is 7. The van der Waals surface area contributed by atoms with Crippen LogP contribution >= 0.6 is 0 Å². The highest BCUT2D eigenvalue weighted by Gasteiger charge is 2.24. The zero-order valence-corrected chi connectivity index (χ0v) is 32.1. The first-order chi connectivity index (χ1) is 28.3. The van der Waals surface area contributed by atoms with Crippen molar-refractivity contribution in [3.63, 3.8) is 0 Å². The van der Waals surface area contributed by atoms with Crippen molar-refractivity contribution in [1.29, 1.82) is 0 Å². The first kappa shape index (κ1) is 36.9. The van der Waals surface area contributed by atoms with Crippen molar-refractivity contribution in [2.75, 3.05) is 0 Å². The van der Waals surface area contributed by atoms with Crippen LogP contribution in [0.1, 0.15) is 23.5 Å². The molecule has 1 atom stereocenters. The molecule has 57 heavy (non-hydrogen) atoms. The quantitative estimate of drug-likeness (QED) is 0.136. The van der Waals surface area contributed by atoms with E-state index in [1.165, 1.54) is 65.7 Å². The van der Waals surface area contributed by atoms with E-state index in [4.69, 9.17) is 0 Å². The van der Waals surface area contributed by atoms with Gasteiger partial charge in [-0.2, -0.15) is 0 Å². The van der Waals surface area contributed by atoms with Gasteiger partial charge in [0, 0.05) is 11.8 Å². The number of fused-ring (bicyclic) bond motifs is 6. The molecule has 0 bridgehead atoms. The highest BCUT2D eigenvalue weighted by molar-refractivity contribution is 5.98. The van der Waals surface area contributed by atoms with Gasteiger partial charge in [-0.25, -0.2) is 0 Å². The summed E-state index contributed by atoms with van der Waals surface area (Å²) < 4.78 is 0. The van der Waals surface area contributed by atoms with Gasteiger partial charge in [-0.15, -0.1) is 0 Å². The molecular formula is C57H46. The number of rotatable bonds is 0. The fourth-order valence-electron chi connectivity index (χ4n) is 7.82. The first-order valence-corrected chi connectivity index (χ1v) is 19.9. The minimum Gasteiger partial charge on any atom is -0.0836 e. The topological polar surface area (TPSA) is 0 Å². The van der Waals surface area contributed by atoms with Crippen LogP contribution in [0.4, 0.5) is 0 Å². The third-order valence-corrected chi connectivity index (χ3v) is 10.7. The summed E-state index contributed by atoms with van der Waals surface area (Å²) in [6, 6.07) is 58.8. The minimum absolute atomic E-state index is 0.514. The Morgan fingerprint density at radius 1 is 0.316 bits per heavy atom. The smallest absolute Gasteiger partial charge is 0.0339 e. The molecule has 5 aliphatic rings. The van der Waals surface area contributed by atoms with E-state index in [9.17, 15) is 0 Å². The van der Waals surface area contributed by atoms with Crippen molar-refractivity contribution >= 4 is 38.4 Å². The Morgan fingerprint density at radius 3 is 1.16 bits per heavy atom. The Kier molecular flexibility index (Phi) is 12.0. The van der Waals surface area contributed by atoms with Crippen LogP contribution in [0, 0.1) is 5.92 Å². The highest BCUT2D eigenvalue weighted by Crippen LogP contribution is 2.39. The molecule has 0 fully saturated rings. The third kappa shape index (κ3) is 9.27. The number of allylic oxidation sites excluding steroid dienone is 17. The van der Waals surface area contributed by atoms with E-state index in [-0.39, 0.29) is 0 Å². The monoisotopic (exact) mass is 730 g/mol. The van der Waals surface area contributed by atoms with Gasteiger partial charge in [0.05, 0.1) is 0 Å². The molecule has 0 aromatic heterocycles. The summed E-state index contributed by atoms with van der Waals surface area (Å²) >= 11 is 0. The highest BCUT2D eigenvalue weighted by atomic mass is 14.3. The third-order valence-electron chi connectivity index (χ3n) is 10.7. The molecule has 274 valence electrons. The molecule has 0 saturated carbocycles. The molecule has 0 radical (unpaired) electrons. The van der Waals surface area contributed by atoms with Crippen LogP contribution in [-0.2, 0) is 0 Å². The van der Waals surface area contributed by atoms with E-state index < -0.39 is 0 Å². The molecule has 0 aliphatic heterocycles. The predicted molar refractivity (Wildman–Crippen MR) is 247 cm³/mol. The Morgan fingerprint density at radius 2 is 0.702 bits per heavy atom. The fraction of sp³-hybridized carbons (Fsp3) is 0.0526. The summed E-state index contributed by atoms with van der Waals surface area (Å²) in [5.74, 6) is 1.11. The van der Waals surface area contributed by atoms with Crippen molar-refractivity contribution in [3.8, 4) is 0 Å². The van der Waals surface area contributed by atoms with Crippen LogP contribution in [-0.4, -0.2) is 0 Å². The Hall–Kier alpha value is -7.02. The summed E-state index contributed by atoms with van der Waals surface area (Å²) in [6.07, 6.45) is 31.8. The summed E-state index contributed by atoms with van der Waals surface area (Å²) in [7, 11) is 0. The van der Waals surface area contributed by atoms with Crippen LogP contribution in [0.5, 0.6) is 0 Å². The van der Waals surface area contributed by atoms with Crippen molar-refractivity contribution < 1.29 is 0 Å². The second-order valence-corrected chi connectivity index (χ2v) is 14.4. The molecule has 0 heterocycles. The molecule has 7 aromatic rings. The molecule has 7 aromatic carbocycles. The summed E-state index contributed by atoms with van der Waals surface area (Å²) in [5.41, 5.74) is 8.54. The van der Waals surface area contributed by atoms with Gasteiger partial charge in [0.15, 0.2) is 0 Å². The number of hydrogen-bond donors (Lipinski definition) is 0. The molecule has 0 spiro atoms. The van der Waals surface area contributed by atoms with Gasteiger partial charge in [0.1, 0.15) is 0 Å². The molecule has 0 saturated heterocycles. The Bertz CT molecular complexity index is 2490. The van der Waals surface area contributed by atoms with Crippen molar-refractivity contribution in [2.24, 2.45) is 5.92 Å². The average Bonchev–Trinajstić information content (AvgIpc) is 3.30. The maximum Gasteiger partial charge on any atom is 0.0339 e. The largest absolute Gasteiger partial charge is 0.0836 e. The SMILES string of the molecule is C1=CC2=CC=CC3=CC=CC(=C1)C23.C1=CCC2C(=C1)C=Cc1ccccc12.c1ccc2cc3ccccc3cc2c1.c1ccc2ccccc2c1.c1ccccc1. The van der Waals surface area contributed by atoms with E-state index in [1.54, 1.807) is 0 Å². The minimum atomic E-state index is 0.514. The van der Waals surface area contributed by atoms with Gasteiger partial charge >= 0.3 is 0 Å². The van der Waals surface area contributed by atoms with Crippen LogP contribution in [0.3, 0.4) is 0 Å². The lowest BCUT2D eigenvalue weighted by Gasteiger charge is -2.27. The van der Waals surface area contributed by atoms with Crippen molar-refractivity contribution in [1.82, 2.24) is 0 Å². The van der Waals surface area contributed by atoms with Crippen LogP contribution in [0.15, 0.2) is 271 Å². The molecule has 0 amide bonds. The molecule has 5 aliphatic carbocycles. The molecule has 0 N–H and O–H groups in total. The lowest BCUT2D eigenvalue weighted by molar-refractivity contribution is 0.811. The van der Waals surface area contributed by atoms with Gasteiger partial charge in [0.2, 0.25) is 0 Å². The molecule has 0 heteroatoms. The van der Waals surface area contributed by atoms with E-state index in [2.05, 4.69) is 219 Å². The van der Waals surface area contributed by atoms with Crippen LogP contribution in [0.2, 0.25) is 0 Å². The normalized spacial score (nSPS) is 16.2. The summed E-state index contributed by atoms with van der Waals surface area (Å²) in [5, 5.41) is 7.87. The summed E-state index contributed by atoms with van der Waals surface area (Å²) in [4.78, 5) is 0. The lowest BCUT2D eigenvalue weighted by Crippen LogP contribution is -2.13. The van der Waals surface area contributed by atoms with Crippen LogP contribution in [0.25, 0.3) is 38.4 Å². The van der Waals surface area contributed by atoms with Crippen LogP contribution < -0.4 is 0 Å². The van der Waals surface area contributed by atoms with E-state index in [0.29, 0.717) is 11.8 Å². The zero-order valence-electron chi connectivity index (χ0n) is 32.1. The second-order valence-electron chi connectivity index (χ2n) is 14.4. The molecule has 1 unspecified atom stereocenters. The zero-order chi connectivity index (χ0) is 38.5. The van der Waals surface area contributed by atoms with Gasteiger partial charge in [0.25, 0.3) is 0 Å². The van der Waals surface area contributed by atoms with Gasteiger partial charge in [-0.1, -0.05) is 243 Å². The van der Waals surface area contributed by atoms with Gasteiger partial charge < -0.3 is 0 Å². The Balaban J connectivity index is 0.000000102. The van der Waals surface area contributed by atoms with Crippen molar-refractivity contribution in [2.45, 2.75) is 12.3 Å². The first-order valence-electron chi connectivity index (χ1n) is 19.9. The second kappa shape index (κ2) is 18.5. The lowest BCUT2D eigenvalue weighted by atomic mass is 9.76. The molecule has 0 nitrogen and oxygen atoms in total. The average molecular weight is 731 g/mol. The predicted octanol–water partition coefficient (Wildman–Crippen LogP) is 15.3. The molecular weight excluding hydrogens is 685 g/mol. The van der Waals surface area contributed by atoms with Gasteiger partial charge in [-0.05, 0) is 84.3 Å². The molecule has 12 rings (SSSR count). The summed E-state index contributed by atoms with van der Waals surface area (Å²) in [6.45, 7) is 0. The van der Waals surface area contributed by atoms with Crippen molar-refractivity contribution in [3.05, 3.63) is 282 Å². The standard InChI is InChI=1S/C14H12.C14H10.C13H10.C10H8.C6H6/c1-3-7-13-11(5-1)9-10-12-6-2-4-8-14(12)13;1-2-6-12-10-14-8-4-3-7-13(14)9-11(12)5-1;1-4-10-6-2-8-12-9-3-7-11(5-1)13(10)12;1-2-6-10-8-4-3-7-9(10)5-1;1-2-4-6-5-3-1/h1-7,9-10,14H,8H2;1-10H;1-9,13H;1-8H;1-6H. The Labute approximate surface area is 337 Å². The number of hydrogen-bond acceptors (Lipinski definition) is 0.